The third kappa shape index (κ3) is 3.46. The molecule has 88 valence electrons. The second kappa shape index (κ2) is 5.86. The summed E-state index contributed by atoms with van der Waals surface area (Å²) in [7, 11) is 0. The van der Waals surface area contributed by atoms with Crippen molar-refractivity contribution >= 4 is 5.69 Å². The molecule has 0 amide bonds. The second-order valence-electron chi connectivity index (χ2n) is 3.88. The number of hydrogen-bond acceptors (Lipinski definition) is 3. The van der Waals surface area contributed by atoms with Crippen LogP contribution in [0.5, 0.6) is 0 Å². The molecule has 0 aliphatic rings. The highest BCUT2D eigenvalue weighted by Gasteiger charge is 2.11. The summed E-state index contributed by atoms with van der Waals surface area (Å²) < 4.78 is 13.3. The van der Waals surface area contributed by atoms with E-state index in [1.165, 1.54) is 12.1 Å². The van der Waals surface area contributed by atoms with Crippen LogP contribution in [0.15, 0.2) is 18.2 Å². The Bertz CT molecular complexity index is 471. The van der Waals surface area contributed by atoms with Crippen molar-refractivity contribution < 1.29 is 4.39 Å². The SMILES string of the molecule is CCN(CC(C)C#N)c1cc(F)cc(C#N)c1. The Morgan fingerprint density at radius 3 is 2.59 bits per heavy atom. The van der Waals surface area contributed by atoms with E-state index in [1.807, 2.05) is 24.8 Å². The van der Waals surface area contributed by atoms with Crippen LogP contribution in [0.2, 0.25) is 0 Å². The van der Waals surface area contributed by atoms with Crippen molar-refractivity contribution in [1.29, 1.82) is 10.5 Å². The summed E-state index contributed by atoms with van der Waals surface area (Å²) in [5, 5.41) is 17.6. The first-order chi connectivity index (χ1) is 8.10. The van der Waals surface area contributed by atoms with Gasteiger partial charge in [-0.2, -0.15) is 10.5 Å². The number of rotatable bonds is 4. The maximum absolute atomic E-state index is 13.3. The summed E-state index contributed by atoms with van der Waals surface area (Å²) in [6.45, 7) is 4.94. The van der Waals surface area contributed by atoms with Crippen molar-refractivity contribution in [2.45, 2.75) is 13.8 Å². The lowest BCUT2D eigenvalue weighted by Crippen LogP contribution is -2.27. The van der Waals surface area contributed by atoms with Crippen molar-refractivity contribution in [3.8, 4) is 12.1 Å². The monoisotopic (exact) mass is 231 g/mol. The lowest BCUT2D eigenvalue weighted by atomic mass is 10.1. The van der Waals surface area contributed by atoms with Crippen LogP contribution in [-0.4, -0.2) is 13.1 Å². The Hall–Kier alpha value is -2.07. The molecule has 0 aliphatic carbocycles. The first kappa shape index (κ1) is 13.0. The Balaban J connectivity index is 3.00. The van der Waals surface area contributed by atoms with Crippen LogP contribution in [0.25, 0.3) is 0 Å². The van der Waals surface area contributed by atoms with E-state index in [0.29, 0.717) is 24.3 Å². The topological polar surface area (TPSA) is 50.8 Å². The van der Waals surface area contributed by atoms with Crippen molar-refractivity contribution in [2.75, 3.05) is 18.0 Å². The van der Waals surface area contributed by atoms with E-state index in [0.717, 1.165) is 0 Å². The van der Waals surface area contributed by atoms with Crippen LogP contribution < -0.4 is 4.90 Å². The molecule has 0 bridgehead atoms. The van der Waals surface area contributed by atoms with Gasteiger partial charge in [0, 0.05) is 18.8 Å². The van der Waals surface area contributed by atoms with Crippen LogP contribution in [0.3, 0.4) is 0 Å². The van der Waals surface area contributed by atoms with E-state index in [1.54, 1.807) is 6.07 Å². The van der Waals surface area contributed by atoms with Crippen molar-refractivity contribution in [1.82, 2.24) is 0 Å². The molecule has 0 radical (unpaired) electrons. The van der Waals surface area contributed by atoms with Gasteiger partial charge in [-0.25, -0.2) is 4.39 Å². The van der Waals surface area contributed by atoms with E-state index in [2.05, 4.69) is 6.07 Å². The molecule has 17 heavy (non-hydrogen) atoms. The smallest absolute Gasteiger partial charge is 0.126 e. The number of anilines is 1. The summed E-state index contributed by atoms with van der Waals surface area (Å²) >= 11 is 0. The zero-order valence-corrected chi connectivity index (χ0v) is 9.94. The highest BCUT2D eigenvalue weighted by molar-refractivity contribution is 5.52. The molecule has 1 rings (SSSR count). The number of halogens is 1. The van der Waals surface area contributed by atoms with Gasteiger partial charge < -0.3 is 4.90 Å². The third-order valence-corrected chi connectivity index (χ3v) is 2.47. The second-order valence-corrected chi connectivity index (χ2v) is 3.88. The number of benzene rings is 1. The molecule has 1 unspecified atom stereocenters. The molecular formula is C13H14FN3. The predicted octanol–water partition coefficient (Wildman–Crippen LogP) is 2.68. The third-order valence-electron chi connectivity index (χ3n) is 2.47. The van der Waals surface area contributed by atoms with Crippen LogP contribution >= 0.6 is 0 Å². The van der Waals surface area contributed by atoms with Crippen molar-refractivity contribution in [2.24, 2.45) is 5.92 Å². The first-order valence-corrected chi connectivity index (χ1v) is 5.46. The molecule has 0 N–H and O–H groups in total. The number of nitrogens with zero attached hydrogens (tertiary/aromatic N) is 3. The van der Waals surface area contributed by atoms with Crippen molar-refractivity contribution in [3.05, 3.63) is 29.6 Å². The van der Waals surface area contributed by atoms with Gasteiger partial charge in [0.05, 0.1) is 23.6 Å². The Morgan fingerprint density at radius 2 is 2.06 bits per heavy atom. The Morgan fingerprint density at radius 1 is 1.35 bits per heavy atom. The van der Waals surface area contributed by atoms with Crippen molar-refractivity contribution in [3.63, 3.8) is 0 Å². The lowest BCUT2D eigenvalue weighted by Gasteiger charge is -2.24. The molecule has 1 aromatic carbocycles. The molecule has 0 aromatic heterocycles. The molecule has 0 saturated heterocycles. The van der Waals surface area contributed by atoms with E-state index in [-0.39, 0.29) is 5.92 Å². The minimum atomic E-state index is -0.429. The Labute approximate surface area is 101 Å². The van der Waals surface area contributed by atoms with E-state index < -0.39 is 5.82 Å². The summed E-state index contributed by atoms with van der Waals surface area (Å²) in [6, 6.07) is 8.28. The van der Waals surface area contributed by atoms with Gasteiger partial charge >= 0.3 is 0 Å². The standard InChI is InChI=1S/C13H14FN3/c1-3-17(9-10(2)7-15)13-5-11(8-16)4-12(14)6-13/h4-6,10H,3,9H2,1-2H3. The Kier molecular flexibility index (Phi) is 4.48. The molecule has 1 aromatic rings. The summed E-state index contributed by atoms with van der Waals surface area (Å²) in [6.07, 6.45) is 0. The van der Waals surface area contributed by atoms with Gasteiger partial charge in [0.15, 0.2) is 0 Å². The minimum Gasteiger partial charge on any atom is -0.370 e. The van der Waals surface area contributed by atoms with Crippen LogP contribution in [0, 0.1) is 34.4 Å². The number of hydrogen-bond donors (Lipinski definition) is 0. The first-order valence-electron chi connectivity index (χ1n) is 5.46. The average molecular weight is 231 g/mol. The summed E-state index contributed by atoms with van der Waals surface area (Å²) in [5.41, 5.74) is 0.939. The quantitative estimate of drug-likeness (QED) is 0.800. The fourth-order valence-electron chi connectivity index (χ4n) is 1.61. The van der Waals surface area contributed by atoms with Gasteiger partial charge in [-0.3, -0.25) is 0 Å². The molecule has 1 atom stereocenters. The molecule has 4 heteroatoms. The molecule has 0 saturated carbocycles. The van der Waals surface area contributed by atoms with Crippen LogP contribution in [-0.2, 0) is 0 Å². The fraction of sp³-hybridized carbons (Fsp3) is 0.385. The maximum Gasteiger partial charge on any atom is 0.126 e. The van der Waals surface area contributed by atoms with Gasteiger partial charge in [0.2, 0.25) is 0 Å². The molecule has 0 aliphatic heterocycles. The highest BCUT2D eigenvalue weighted by atomic mass is 19.1. The average Bonchev–Trinajstić information content (AvgIpc) is 2.34. The number of nitriles is 2. The van der Waals surface area contributed by atoms with Gasteiger partial charge in [0.1, 0.15) is 5.82 Å². The largest absolute Gasteiger partial charge is 0.370 e. The zero-order chi connectivity index (χ0) is 12.8. The van der Waals surface area contributed by atoms with Gasteiger partial charge in [-0.05, 0) is 32.0 Å². The van der Waals surface area contributed by atoms with Gasteiger partial charge in [0.25, 0.3) is 0 Å². The predicted molar refractivity (Wildman–Crippen MR) is 63.8 cm³/mol. The van der Waals surface area contributed by atoms with E-state index in [4.69, 9.17) is 10.5 Å². The summed E-state index contributed by atoms with van der Waals surface area (Å²) in [4.78, 5) is 1.89. The molecule has 0 heterocycles. The zero-order valence-electron chi connectivity index (χ0n) is 9.94. The highest BCUT2D eigenvalue weighted by Crippen LogP contribution is 2.19. The van der Waals surface area contributed by atoms with Crippen LogP contribution in [0.4, 0.5) is 10.1 Å². The van der Waals surface area contributed by atoms with E-state index in [9.17, 15) is 4.39 Å². The fourth-order valence-corrected chi connectivity index (χ4v) is 1.61. The normalized spacial score (nSPS) is 11.4. The minimum absolute atomic E-state index is 0.135. The van der Waals surface area contributed by atoms with Crippen LogP contribution in [0.1, 0.15) is 19.4 Å². The summed E-state index contributed by atoms with van der Waals surface area (Å²) in [5.74, 6) is -0.564. The van der Waals surface area contributed by atoms with Gasteiger partial charge in [-0.15, -0.1) is 0 Å². The molecule has 0 spiro atoms. The van der Waals surface area contributed by atoms with Gasteiger partial charge in [-0.1, -0.05) is 0 Å². The molecule has 3 nitrogen and oxygen atoms in total. The molecule has 0 fully saturated rings. The maximum atomic E-state index is 13.3. The lowest BCUT2D eigenvalue weighted by molar-refractivity contribution is 0.623. The molecular weight excluding hydrogens is 217 g/mol. The van der Waals surface area contributed by atoms with E-state index >= 15 is 0 Å².